The van der Waals surface area contributed by atoms with Crippen molar-refractivity contribution >= 4 is 55.7 Å². The van der Waals surface area contributed by atoms with Gasteiger partial charge in [-0.3, -0.25) is 10.1 Å². The minimum absolute atomic E-state index is 0.00654. The molecule has 0 saturated heterocycles. The lowest BCUT2D eigenvalue weighted by atomic mass is 10.2. The van der Waals surface area contributed by atoms with E-state index in [1.54, 1.807) is 39.8 Å². The van der Waals surface area contributed by atoms with Gasteiger partial charge in [-0.05, 0) is 30.3 Å². The molecule has 2 aromatic rings. The normalized spacial score (nSPS) is 10.5. The lowest BCUT2D eigenvalue weighted by Crippen LogP contribution is -2.07. The maximum Gasteiger partial charge on any atom is 0.294 e. The first-order valence-corrected chi connectivity index (χ1v) is 10.4. The molecule has 8 nitrogen and oxygen atoms in total. The fourth-order valence-corrected chi connectivity index (χ4v) is 3.98. The van der Waals surface area contributed by atoms with E-state index >= 15 is 0 Å². The molecule has 0 aliphatic heterocycles. The third-order valence-corrected chi connectivity index (χ3v) is 5.79. The van der Waals surface area contributed by atoms with E-state index in [1.807, 2.05) is 12.1 Å². The third-order valence-electron chi connectivity index (χ3n) is 3.38. The Bertz CT molecular complexity index is 760. The van der Waals surface area contributed by atoms with Crippen molar-refractivity contribution in [1.29, 1.82) is 0 Å². The molecule has 0 aliphatic carbocycles. The van der Waals surface area contributed by atoms with E-state index in [2.05, 4.69) is 10.6 Å². The standard InChI is InChI=1S/C16H22N6O2S2/c17-11-1-3-14(13(19)9-11)20-5-7-25-26-8-6-21-15-4-2-12(18)10-16(15)22(23)24/h1-4,9-10,20-21H,5-8,17-19H2. The van der Waals surface area contributed by atoms with Crippen molar-refractivity contribution in [2.24, 2.45) is 0 Å². The van der Waals surface area contributed by atoms with Crippen LogP contribution in [0.1, 0.15) is 0 Å². The van der Waals surface area contributed by atoms with Crippen LogP contribution in [0.5, 0.6) is 0 Å². The van der Waals surface area contributed by atoms with Crippen LogP contribution >= 0.6 is 21.6 Å². The predicted molar refractivity (Wildman–Crippen MR) is 115 cm³/mol. The first-order chi connectivity index (χ1) is 12.5. The van der Waals surface area contributed by atoms with Crippen LogP contribution < -0.4 is 27.8 Å². The number of nitrogens with two attached hydrogens (primary N) is 3. The van der Waals surface area contributed by atoms with E-state index in [0.717, 1.165) is 23.7 Å². The molecule has 0 heterocycles. The predicted octanol–water partition coefficient (Wildman–Crippen LogP) is 3.25. The number of nitro benzene ring substituents is 1. The average Bonchev–Trinajstić information content (AvgIpc) is 2.59. The molecule has 10 heteroatoms. The van der Waals surface area contributed by atoms with Crippen molar-refractivity contribution in [3.05, 3.63) is 46.5 Å². The number of hydrogen-bond acceptors (Lipinski definition) is 9. The molecule has 0 bridgehead atoms. The van der Waals surface area contributed by atoms with Gasteiger partial charge in [-0.2, -0.15) is 0 Å². The molecule has 0 aromatic heterocycles. The number of hydrogen-bond donors (Lipinski definition) is 5. The highest BCUT2D eigenvalue weighted by Gasteiger charge is 2.13. The summed E-state index contributed by atoms with van der Waals surface area (Å²) in [6.45, 7) is 1.41. The van der Waals surface area contributed by atoms with E-state index in [0.29, 0.717) is 29.3 Å². The highest BCUT2D eigenvalue weighted by molar-refractivity contribution is 8.76. The van der Waals surface area contributed by atoms with E-state index in [4.69, 9.17) is 17.2 Å². The van der Waals surface area contributed by atoms with Crippen molar-refractivity contribution in [2.75, 3.05) is 52.4 Å². The minimum Gasteiger partial charge on any atom is -0.399 e. The van der Waals surface area contributed by atoms with Crippen LogP contribution in [-0.4, -0.2) is 29.5 Å². The summed E-state index contributed by atoms with van der Waals surface area (Å²) in [5, 5.41) is 17.4. The van der Waals surface area contributed by atoms with E-state index in [9.17, 15) is 10.1 Å². The second kappa shape index (κ2) is 9.88. The number of nitrogens with zero attached hydrogens (tertiary/aromatic N) is 1. The summed E-state index contributed by atoms with van der Waals surface area (Å²) < 4.78 is 0. The van der Waals surface area contributed by atoms with Crippen molar-refractivity contribution in [3.8, 4) is 0 Å². The maximum absolute atomic E-state index is 11.0. The fourth-order valence-electron chi connectivity index (χ4n) is 2.16. The lowest BCUT2D eigenvalue weighted by molar-refractivity contribution is -0.383. The number of benzene rings is 2. The zero-order valence-electron chi connectivity index (χ0n) is 14.1. The van der Waals surface area contributed by atoms with Gasteiger partial charge < -0.3 is 27.8 Å². The van der Waals surface area contributed by atoms with Crippen LogP contribution in [0, 0.1) is 10.1 Å². The van der Waals surface area contributed by atoms with Gasteiger partial charge in [-0.25, -0.2) is 0 Å². The Morgan fingerprint density at radius 2 is 1.42 bits per heavy atom. The molecule has 0 radical (unpaired) electrons. The Morgan fingerprint density at radius 3 is 2.00 bits per heavy atom. The zero-order valence-corrected chi connectivity index (χ0v) is 15.7. The Morgan fingerprint density at radius 1 is 0.885 bits per heavy atom. The molecule has 0 atom stereocenters. The Hall–Kier alpha value is -2.46. The first-order valence-electron chi connectivity index (χ1n) is 7.88. The smallest absolute Gasteiger partial charge is 0.294 e. The Kier molecular flexibility index (Phi) is 7.54. The van der Waals surface area contributed by atoms with Gasteiger partial charge in [0.05, 0.1) is 16.3 Å². The monoisotopic (exact) mass is 394 g/mol. The van der Waals surface area contributed by atoms with Gasteiger partial charge in [0.2, 0.25) is 0 Å². The summed E-state index contributed by atoms with van der Waals surface area (Å²) in [6, 6.07) is 10.0. The highest BCUT2D eigenvalue weighted by Crippen LogP contribution is 2.27. The van der Waals surface area contributed by atoms with Gasteiger partial charge in [0, 0.05) is 42.0 Å². The molecular formula is C16H22N6O2S2. The summed E-state index contributed by atoms with van der Waals surface area (Å²) >= 11 is 0. The number of rotatable bonds is 10. The number of nitro groups is 1. The summed E-state index contributed by atoms with van der Waals surface area (Å²) in [5.74, 6) is 1.71. The van der Waals surface area contributed by atoms with Crippen LogP contribution in [0.15, 0.2) is 36.4 Å². The molecule has 26 heavy (non-hydrogen) atoms. The average molecular weight is 395 g/mol. The number of nitrogens with one attached hydrogen (secondary N) is 2. The summed E-state index contributed by atoms with van der Waals surface area (Å²) in [6.07, 6.45) is 0. The largest absolute Gasteiger partial charge is 0.399 e. The van der Waals surface area contributed by atoms with Crippen molar-refractivity contribution in [1.82, 2.24) is 0 Å². The van der Waals surface area contributed by atoms with Gasteiger partial charge >= 0.3 is 0 Å². The van der Waals surface area contributed by atoms with Gasteiger partial charge in [-0.15, -0.1) is 0 Å². The van der Waals surface area contributed by atoms with Crippen LogP contribution in [0.2, 0.25) is 0 Å². The van der Waals surface area contributed by atoms with Crippen molar-refractivity contribution < 1.29 is 4.92 Å². The fraction of sp³-hybridized carbons (Fsp3) is 0.250. The molecule has 0 spiro atoms. The quantitative estimate of drug-likeness (QED) is 0.135. The third kappa shape index (κ3) is 6.12. The van der Waals surface area contributed by atoms with E-state index in [1.165, 1.54) is 6.07 Å². The molecule has 2 rings (SSSR count). The SMILES string of the molecule is Nc1ccc(NCCSSCCNc2ccc(N)cc2[N+](=O)[O-])c(N)c1. The summed E-state index contributed by atoms with van der Waals surface area (Å²) in [4.78, 5) is 10.6. The Balaban J connectivity index is 1.62. The minimum atomic E-state index is -0.435. The molecule has 0 unspecified atom stereocenters. The zero-order chi connectivity index (χ0) is 18.9. The first kappa shape index (κ1) is 19.9. The molecule has 140 valence electrons. The van der Waals surface area contributed by atoms with E-state index in [-0.39, 0.29) is 5.69 Å². The van der Waals surface area contributed by atoms with Crippen molar-refractivity contribution in [2.45, 2.75) is 0 Å². The van der Waals surface area contributed by atoms with Crippen LogP contribution in [0.25, 0.3) is 0 Å². The van der Waals surface area contributed by atoms with Gasteiger partial charge in [0.1, 0.15) is 5.69 Å². The van der Waals surface area contributed by atoms with Gasteiger partial charge in [-0.1, -0.05) is 21.6 Å². The Labute approximate surface area is 159 Å². The summed E-state index contributed by atoms with van der Waals surface area (Å²) in [7, 11) is 3.42. The van der Waals surface area contributed by atoms with Crippen LogP contribution in [0.3, 0.4) is 0 Å². The second-order valence-electron chi connectivity index (χ2n) is 5.38. The van der Waals surface area contributed by atoms with Gasteiger partial charge in [0.15, 0.2) is 0 Å². The molecule has 0 saturated carbocycles. The molecule has 0 aliphatic rings. The maximum atomic E-state index is 11.0. The van der Waals surface area contributed by atoms with Crippen molar-refractivity contribution in [3.63, 3.8) is 0 Å². The molecule has 8 N–H and O–H groups in total. The molecular weight excluding hydrogens is 372 g/mol. The number of anilines is 5. The number of nitrogen functional groups attached to an aromatic ring is 3. The molecule has 0 fully saturated rings. The van der Waals surface area contributed by atoms with Crippen LogP contribution in [-0.2, 0) is 0 Å². The van der Waals surface area contributed by atoms with Gasteiger partial charge in [0.25, 0.3) is 5.69 Å². The van der Waals surface area contributed by atoms with Crippen LogP contribution in [0.4, 0.5) is 34.1 Å². The highest BCUT2D eigenvalue weighted by atomic mass is 33.1. The molecule has 0 amide bonds. The topological polar surface area (TPSA) is 145 Å². The lowest BCUT2D eigenvalue weighted by Gasteiger charge is -2.10. The molecule has 2 aromatic carbocycles. The second-order valence-corrected chi connectivity index (χ2v) is 8.08. The summed E-state index contributed by atoms with van der Waals surface area (Å²) in [5.41, 5.74) is 20.1. The van der Waals surface area contributed by atoms with E-state index < -0.39 is 4.92 Å².